The van der Waals surface area contributed by atoms with Crippen molar-refractivity contribution < 1.29 is 36.6 Å². The SMILES string of the molecule is CC(C)(C)OC(=O)N[C@@H](Cc1cc(F)cc(F)c1)C(O)CNCc1cccc(C(F)(F)F)c1. The van der Waals surface area contributed by atoms with E-state index in [1.807, 2.05) is 0 Å². The van der Waals surface area contributed by atoms with Crippen LogP contribution in [0.5, 0.6) is 0 Å². The first-order valence-corrected chi connectivity index (χ1v) is 10.2. The van der Waals surface area contributed by atoms with E-state index in [2.05, 4.69) is 10.6 Å². The van der Waals surface area contributed by atoms with Crippen LogP contribution in [-0.4, -0.2) is 35.5 Å². The lowest BCUT2D eigenvalue weighted by Crippen LogP contribution is -2.49. The predicted octanol–water partition coefficient (Wildman–Crippen LogP) is 4.57. The number of carbonyl (C=O) groups is 1. The normalized spacial score (nSPS) is 14.0. The lowest BCUT2D eigenvalue weighted by atomic mass is 10.0. The fraction of sp³-hybridized carbons (Fsp3) is 0.435. The third-order valence-corrected chi connectivity index (χ3v) is 4.48. The quantitative estimate of drug-likeness (QED) is 0.491. The highest BCUT2D eigenvalue weighted by atomic mass is 19.4. The summed E-state index contributed by atoms with van der Waals surface area (Å²) in [6, 6.07) is 6.60. The predicted molar refractivity (Wildman–Crippen MR) is 112 cm³/mol. The lowest BCUT2D eigenvalue weighted by Gasteiger charge is -2.27. The molecule has 0 radical (unpaired) electrons. The second-order valence-electron chi connectivity index (χ2n) is 8.63. The zero-order chi connectivity index (χ0) is 24.8. The maximum absolute atomic E-state index is 13.6. The van der Waals surface area contributed by atoms with E-state index < -0.39 is 47.2 Å². The molecule has 2 rings (SSSR count). The molecule has 0 aliphatic carbocycles. The van der Waals surface area contributed by atoms with E-state index in [0.717, 1.165) is 24.3 Å². The summed E-state index contributed by atoms with van der Waals surface area (Å²) >= 11 is 0. The second kappa shape index (κ2) is 10.9. The average molecular weight is 474 g/mol. The molecule has 0 aliphatic rings. The first kappa shape index (κ1) is 26.5. The Morgan fingerprint density at radius 1 is 1.03 bits per heavy atom. The van der Waals surface area contributed by atoms with E-state index in [0.29, 0.717) is 11.6 Å². The van der Waals surface area contributed by atoms with Crippen LogP contribution in [0.3, 0.4) is 0 Å². The Morgan fingerprint density at radius 2 is 1.67 bits per heavy atom. The van der Waals surface area contributed by atoms with Gasteiger partial charge >= 0.3 is 12.3 Å². The Labute approximate surface area is 188 Å². The van der Waals surface area contributed by atoms with Crippen molar-refractivity contribution in [2.45, 2.75) is 57.7 Å². The smallest absolute Gasteiger partial charge is 0.416 e. The topological polar surface area (TPSA) is 70.6 Å². The number of hydrogen-bond acceptors (Lipinski definition) is 4. The molecule has 0 aromatic heterocycles. The number of carbonyl (C=O) groups excluding carboxylic acids is 1. The molecule has 1 amide bonds. The van der Waals surface area contributed by atoms with Crippen molar-refractivity contribution in [2.24, 2.45) is 0 Å². The van der Waals surface area contributed by atoms with Crippen molar-refractivity contribution in [3.8, 4) is 0 Å². The monoisotopic (exact) mass is 474 g/mol. The zero-order valence-corrected chi connectivity index (χ0v) is 18.5. The summed E-state index contributed by atoms with van der Waals surface area (Å²) in [6.45, 7) is 4.85. The Balaban J connectivity index is 2.07. The summed E-state index contributed by atoms with van der Waals surface area (Å²) < 4.78 is 70.9. The molecule has 3 N–H and O–H groups in total. The number of benzene rings is 2. The minimum atomic E-state index is -4.47. The van der Waals surface area contributed by atoms with Gasteiger partial charge in [0.25, 0.3) is 0 Å². The molecule has 0 aliphatic heterocycles. The van der Waals surface area contributed by atoms with Crippen LogP contribution in [-0.2, 0) is 23.9 Å². The van der Waals surface area contributed by atoms with Gasteiger partial charge in [0.15, 0.2) is 0 Å². The fourth-order valence-electron chi connectivity index (χ4n) is 3.09. The number of aliphatic hydroxyl groups excluding tert-OH is 1. The molecule has 2 aromatic carbocycles. The van der Waals surface area contributed by atoms with Crippen molar-refractivity contribution in [1.29, 1.82) is 0 Å². The third kappa shape index (κ3) is 9.35. The summed E-state index contributed by atoms with van der Waals surface area (Å²) in [5, 5.41) is 15.9. The van der Waals surface area contributed by atoms with Gasteiger partial charge in [-0.15, -0.1) is 0 Å². The van der Waals surface area contributed by atoms with E-state index in [9.17, 15) is 31.9 Å². The van der Waals surface area contributed by atoms with Crippen molar-refractivity contribution in [2.75, 3.05) is 6.54 Å². The van der Waals surface area contributed by atoms with E-state index >= 15 is 0 Å². The molecule has 33 heavy (non-hydrogen) atoms. The Kier molecular flexibility index (Phi) is 8.79. The van der Waals surface area contributed by atoms with E-state index in [1.165, 1.54) is 12.1 Å². The van der Waals surface area contributed by atoms with Crippen LogP contribution in [0.15, 0.2) is 42.5 Å². The third-order valence-electron chi connectivity index (χ3n) is 4.48. The van der Waals surface area contributed by atoms with Gasteiger partial charge in [-0.05, 0) is 56.5 Å². The van der Waals surface area contributed by atoms with Crippen LogP contribution in [0.1, 0.15) is 37.5 Å². The van der Waals surface area contributed by atoms with Gasteiger partial charge in [0.2, 0.25) is 0 Å². The molecular weight excluding hydrogens is 447 g/mol. The maximum atomic E-state index is 13.6. The molecule has 5 nitrogen and oxygen atoms in total. The maximum Gasteiger partial charge on any atom is 0.416 e. The number of amides is 1. The van der Waals surface area contributed by atoms with Crippen LogP contribution < -0.4 is 10.6 Å². The van der Waals surface area contributed by atoms with Gasteiger partial charge in [0.05, 0.1) is 17.7 Å². The van der Waals surface area contributed by atoms with Gasteiger partial charge in [0.1, 0.15) is 17.2 Å². The van der Waals surface area contributed by atoms with Gasteiger partial charge in [-0.25, -0.2) is 13.6 Å². The molecule has 10 heteroatoms. The molecule has 182 valence electrons. The summed E-state index contributed by atoms with van der Waals surface area (Å²) in [5.41, 5.74) is -1.06. The van der Waals surface area contributed by atoms with Crippen LogP contribution in [0, 0.1) is 11.6 Å². The molecule has 2 atom stereocenters. The van der Waals surface area contributed by atoms with Crippen molar-refractivity contribution in [3.05, 3.63) is 70.8 Å². The molecule has 1 unspecified atom stereocenters. The van der Waals surface area contributed by atoms with Gasteiger partial charge in [-0.3, -0.25) is 0 Å². The largest absolute Gasteiger partial charge is 0.444 e. The number of aliphatic hydroxyl groups is 1. The molecule has 0 heterocycles. The number of alkyl halides is 3. The number of ether oxygens (including phenoxy) is 1. The minimum Gasteiger partial charge on any atom is -0.444 e. The first-order valence-electron chi connectivity index (χ1n) is 10.2. The highest BCUT2D eigenvalue weighted by Crippen LogP contribution is 2.29. The Bertz CT molecular complexity index is 924. The molecule has 0 bridgehead atoms. The summed E-state index contributed by atoms with van der Waals surface area (Å²) in [5.74, 6) is -1.61. The van der Waals surface area contributed by atoms with E-state index in [-0.39, 0.29) is 25.1 Å². The number of halogens is 5. The van der Waals surface area contributed by atoms with Gasteiger partial charge in [0, 0.05) is 19.2 Å². The lowest BCUT2D eigenvalue weighted by molar-refractivity contribution is -0.137. The van der Waals surface area contributed by atoms with Crippen LogP contribution >= 0.6 is 0 Å². The summed E-state index contributed by atoms with van der Waals surface area (Å²) in [4.78, 5) is 12.2. The number of nitrogens with one attached hydrogen (secondary N) is 2. The molecule has 0 spiro atoms. The zero-order valence-electron chi connectivity index (χ0n) is 18.5. The van der Waals surface area contributed by atoms with Crippen molar-refractivity contribution in [3.63, 3.8) is 0 Å². The van der Waals surface area contributed by atoms with E-state index in [1.54, 1.807) is 20.8 Å². The highest BCUT2D eigenvalue weighted by Gasteiger charge is 2.30. The fourth-order valence-corrected chi connectivity index (χ4v) is 3.09. The van der Waals surface area contributed by atoms with Crippen LogP contribution in [0.2, 0.25) is 0 Å². The second-order valence-corrected chi connectivity index (χ2v) is 8.63. The number of rotatable bonds is 8. The van der Waals surface area contributed by atoms with Gasteiger partial charge in [-0.2, -0.15) is 13.2 Å². The van der Waals surface area contributed by atoms with Crippen LogP contribution in [0.4, 0.5) is 26.7 Å². The number of alkyl carbamates (subject to hydrolysis) is 1. The van der Waals surface area contributed by atoms with Crippen molar-refractivity contribution in [1.82, 2.24) is 10.6 Å². The minimum absolute atomic E-state index is 0.0226. The first-order chi connectivity index (χ1) is 15.2. The van der Waals surface area contributed by atoms with E-state index in [4.69, 9.17) is 4.74 Å². The summed E-state index contributed by atoms with van der Waals surface area (Å²) in [6.07, 6.45) is -6.66. The molecular formula is C23H27F5N2O3. The highest BCUT2D eigenvalue weighted by molar-refractivity contribution is 5.68. The Hall–Kier alpha value is -2.72. The average Bonchev–Trinajstić information content (AvgIpc) is 2.64. The number of hydrogen-bond donors (Lipinski definition) is 3. The van der Waals surface area contributed by atoms with Gasteiger partial charge in [-0.1, -0.05) is 18.2 Å². The van der Waals surface area contributed by atoms with Crippen molar-refractivity contribution >= 4 is 6.09 Å². The molecule has 0 saturated heterocycles. The van der Waals surface area contributed by atoms with Crippen LogP contribution in [0.25, 0.3) is 0 Å². The molecule has 0 fully saturated rings. The standard InChI is InChI=1S/C23H27F5N2O3/c1-22(2,3)33-21(32)30-19(10-15-8-17(24)11-18(25)9-15)20(31)13-29-12-14-5-4-6-16(7-14)23(26,27)28/h4-9,11,19-20,29,31H,10,12-13H2,1-3H3,(H,30,32)/t19-,20?/m0/s1. The summed E-state index contributed by atoms with van der Waals surface area (Å²) in [7, 11) is 0. The molecule has 2 aromatic rings. The van der Waals surface area contributed by atoms with Gasteiger partial charge < -0.3 is 20.5 Å². The Morgan fingerprint density at radius 3 is 2.24 bits per heavy atom. The molecule has 0 saturated carbocycles.